The van der Waals surface area contributed by atoms with E-state index in [1.54, 1.807) is 0 Å². The summed E-state index contributed by atoms with van der Waals surface area (Å²) in [5.41, 5.74) is -0.526. The second-order valence-corrected chi connectivity index (χ2v) is 3.14. The van der Waals surface area contributed by atoms with E-state index in [4.69, 9.17) is 16.7 Å². The van der Waals surface area contributed by atoms with Crippen molar-refractivity contribution in [3.05, 3.63) is 21.4 Å². The molecule has 1 rings (SSSR count). The van der Waals surface area contributed by atoms with Crippen LogP contribution in [0.25, 0.3) is 0 Å². The number of nitrogens with zero attached hydrogens (tertiary/aromatic N) is 1. The lowest BCUT2D eigenvalue weighted by Crippen LogP contribution is -1.89. The number of halogens is 4. The molecule has 0 aliphatic carbocycles. The van der Waals surface area contributed by atoms with E-state index < -0.39 is 17.7 Å². The van der Waals surface area contributed by atoms with E-state index in [0.29, 0.717) is 0 Å². The molecule has 0 spiro atoms. The minimum Gasteiger partial charge on any atom is -0.504 e. The van der Waals surface area contributed by atoms with Gasteiger partial charge in [0, 0.05) is 0 Å². The Morgan fingerprint density at radius 3 is 2.67 bits per heavy atom. The van der Waals surface area contributed by atoms with Gasteiger partial charge in [-0.1, -0.05) is 11.6 Å². The van der Waals surface area contributed by atoms with Gasteiger partial charge in [0.2, 0.25) is 0 Å². The van der Waals surface area contributed by atoms with Crippen molar-refractivity contribution in [1.29, 1.82) is 0 Å². The van der Waals surface area contributed by atoms with E-state index in [-0.39, 0.29) is 9.76 Å². The van der Waals surface area contributed by atoms with Gasteiger partial charge in [-0.3, -0.25) is 0 Å². The maximum atomic E-state index is 12.1. The van der Waals surface area contributed by atoms with Crippen LogP contribution in [0.1, 0.15) is 12.0 Å². The Labute approximate surface area is 80.3 Å². The summed E-state index contributed by atoms with van der Waals surface area (Å²) in [6.07, 6.45) is -2.76. The lowest BCUT2D eigenvalue weighted by atomic mass is 10.2. The minimum atomic E-state index is -2.76. The van der Waals surface area contributed by atoms with Crippen LogP contribution in [0.4, 0.5) is 8.78 Å². The van der Waals surface area contributed by atoms with Gasteiger partial charge in [-0.15, -0.1) is 0 Å². The highest BCUT2D eigenvalue weighted by molar-refractivity contribution is 9.10. The summed E-state index contributed by atoms with van der Waals surface area (Å²) in [6, 6.07) is 1.02. The number of hydrogen-bond donors (Lipinski definition) is 1. The van der Waals surface area contributed by atoms with Gasteiger partial charge in [0.1, 0.15) is 4.60 Å². The Balaban J connectivity index is 3.28. The summed E-state index contributed by atoms with van der Waals surface area (Å²) in [6.45, 7) is 0. The van der Waals surface area contributed by atoms with E-state index in [9.17, 15) is 8.78 Å². The SMILES string of the molecule is Oc1c(C(F)F)cc(Br)nc1Cl. The number of alkyl halides is 2. The van der Waals surface area contributed by atoms with Gasteiger partial charge in [0.25, 0.3) is 6.43 Å². The molecule has 0 fully saturated rings. The van der Waals surface area contributed by atoms with E-state index in [0.717, 1.165) is 6.07 Å². The minimum absolute atomic E-state index is 0.167. The Kier molecular flexibility index (Phi) is 2.85. The van der Waals surface area contributed by atoms with Gasteiger partial charge in [0.15, 0.2) is 10.9 Å². The van der Waals surface area contributed by atoms with E-state index in [2.05, 4.69) is 20.9 Å². The molecular weight excluding hydrogens is 255 g/mol. The van der Waals surface area contributed by atoms with Gasteiger partial charge < -0.3 is 5.11 Å². The maximum Gasteiger partial charge on any atom is 0.267 e. The normalized spacial score (nSPS) is 10.8. The third-order valence-corrected chi connectivity index (χ3v) is 1.85. The van der Waals surface area contributed by atoms with Crippen LogP contribution >= 0.6 is 27.5 Å². The average molecular weight is 258 g/mol. The number of hydrogen-bond acceptors (Lipinski definition) is 2. The van der Waals surface area contributed by atoms with Crippen LogP contribution in [0, 0.1) is 0 Å². The topological polar surface area (TPSA) is 33.1 Å². The Morgan fingerprint density at radius 2 is 2.17 bits per heavy atom. The fourth-order valence-electron chi connectivity index (χ4n) is 0.661. The average Bonchev–Trinajstić information content (AvgIpc) is 1.96. The molecule has 0 amide bonds. The molecule has 6 heteroatoms. The van der Waals surface area contributed by atoms with Crippen LogP contribution in [0.5, 0.6) is 5.75 Å². The first-order valence-corrected chi connectivity index (χ1v) is 4.02. The lowest BCUT2D eigenvalue weighted by molar-refractivity contribution is 0.147. The third-order valence-electron chi connectivity index (χ3n) is 1.18. The molecule has 0 radical (unpaired) electrons. The molecule has 0 aliphatic heterocycles. The molecule has 0 unspecified atom stereocenters. The van der Waals surface area contributed by atoms with Gasteiger partial charge in [0.05, 0.1) is 5.56 Å². The largest absolute Gasteiger partial charge is 0.504 e. The number of pyridine rings is 1. The summed E-state index contributed by atoms with van der Waals surface area (Å²) in [5.74, 6) is -0.671. The van der Waals surface area contributed by atoms with Gasteiger partial charge in [-0.2, -0.15) is 0 Å². The number of rotatable bonds is 1. The summed E-state index contributed by atoms with van der Waals surface area (Å²) in [5, 5.41) is 8.66. The Bertz CT molecular complexity index is 308. The molecule has 66 valence electrons. The van der Waals surface area contributed by atoms with Crippen LogP contribution in [0.15, 0.2) is 10.7 Å². The lowest BCUT2D eigenvalue weighted by Gasteiger charge is -2.04. The summed E-state index contributed by atoms with van der Waals surface area (Å²) in [7, 11) is 0. The summed E-state index contributed by atoms with van der Waals surface area (Å²) in [4.78, 5) is 3.51. The van der Waals surface area contributed by atoms with Crippen molar-refractivity contribution < 1.29 is 13.9 Å². The molecule has 0 aliphatic rings. The van der Waals surface area contributed by atoms with Crippen LogP contribution in [0.2, 0.25) is 5.15 Å². The van der Waals surface area contributed by atoms with E-state index in [1.165, 1.54) is 0 Å². The van der Waals surface area contributed by atoms with Gasteiger partial charge >= 0.3 is 0 Å². The van der Waals surface area contributed by atoms with Crippen LogP contribution in [0.3, 0.4) is 0 Å². The Morgan fingerprint density at radius 1 is 1.58 bits per heavy atom. The second-order valence-electron chi connectivity index (χ2n) is 1.97. The Hall–Kier alpha value is -0.420. The van der Waals surface area contributed by atoms with Crippen molar-refractivity contribution in [2.24, 2.45) is 0 Å². The zero-order valence-electron chi connectivity index (χ0n) is 5.56. The van der Waals surface area contributed by atoms with Gasteiger partial charge in [-0.25, -0.2) is 13.8 Å². The molecule has 0 aromatic carbocycles. The molecule has 12 heavy (non-hydrogen) atoms. The molecule has 0 saturated heterocycles. The van der Waals surface area contributed by atoms with Gasteiger partial charge in [-0.05, 0) is 22.0 Å². The molecule has 1 N–H and O–H groups in total. The summed E-state index contributed by atoms with van der Waals surface area (Å²) >= 11 is 8.21. The zero-order chi connectivity index (χ0) is 9.30. The first-order chi connectivity index (χ1) is 5.52. The predicted octanol–water partition coefficient (Wildman–Crippen LogP) is 3.14. The first kappa shape index (κ1) is 9.67. The first-order valence-electron chi connectivity index (χ1n) is 2.85. The smallest absolute Gasteiger partial charge is 0.267 e. The van der Waals surface area contributed by atoms with E-state index in [1.807, 2.05) is 0 Å². The zero-order valence-corrected chi connectivity index (χ0v) is 7.90. The fraction of sp³-hybridized carbons (Fsp3) is 0.167. The highest BCUT2D eigenvalue weighted by Crippen LogP contribution is 2.34. The number of aromatic nitrogens is 1. The quantitative estimate of drug-likeness (QED) is 0.785. The van der Waals surface area contributed by atoms with Crippen molar-refractivity contribution in [1.82, 2.24) is 4.98 Å². The van der Waals surface area contributed by atoms with Crippen LogP contribution in [-0.2, 0) is 0 Å². The highest BCUT2D eigenvalue weighted by Gasteiger charge is 2.16. The van der Waals surface area contributed by atoms with Crippen molar-refractivity contribution in [3.8, 4) is 5.75 Å². The predicted molar refractivity (Wildman–Crippen MR) is 43.6 cm³/mol. The maximum absolute atomic E-state index is 12.1. The van der Waals surface area contributed by atoms with E-state index >= 15 is 0 Å². The monoisotopic (exact) mass is 257 g/mol. The number of aromatic hydroxyl groups is 1. The van der Waals surface area contributed by atoms with Crippen LogP contribution in [-0.4, -0.2) is 10.1 Å². The van der Waals surface area contributed by atoms with Crippen molar-refractivity contribution in [3.63, 3.8) is 0 Å². The molecule has 0 bridgehead atoms. The van der Waals surface area contributed by atoms with Crippen molar-refractivity contribution in [2.75, 3.05) is 0 Å². The molecular formula is C6H3BrClF2NO. The molecule has 2 nitrogen and oxygen atoms in total. The summed E-state index contributed by atoms with van der Waals surface area (Å²) < 4.78 is 24.4. The van der Waals surface area contributed by atoms with Crippen molar-refractivity contribution in [2.45, 2.75) is 6.43 Å². The molecule has 0 saturated carbocycles. The third kappa shape index (κ3) is 1.84. The highest BCUT2D eigenvalue weighted by atomic mass is 79.9. The molecule has 1 aromatic rings. The molecule has 1 heterocycles. The van der Waals surface area contributed by atoms with Crippen molar-refractivity contribution >= 4 is 27.5 Å². The standard InChI is InChI=1S/C6H3BrClF2NO/c7-3-1-2(6(9)10)4(12)5(8)11-3/h1,6,12H. The second kappa shape index (κ2) is 3.53. The van der Waals surface area contributed by atoms with Crippen LogP contribution < -0.4 is 0 Å². The molecule has 1 aromatic heterocycles. The fourth-order valence-corrected chi connectivity index (χ4v) is 1.39. The molecule has 0 atom stereocenters.